The van der Waals surface area contributed by atoms with Crippen molar-refractivity contribution >= 4 is 34.4 Å². The van der Waals surface area contributed by atoms with Gasteiger partial charge in [-0.1, -0.05) is 66.2 Å². The summed E-state index contributed by atoms with van der Waals surface area (Å²) in [5, 5.41) is 4.03. The molecule has 1 aromatic heterocycles. The molecule has 0 saturated carbocycles. The van der Waals surface area contributed by atoms with Gasteiger partial charge in [-0.25, -0.2) is 4.79 Å². The molecule has 0 fully saturated rings. The highest BCUT2D eigenvalue weighted by Gasteiger charge is 2.24. The fraction of sp³-hybridized carbons (Fsp3) is 0.179. The first-order valence-corrected chi connectivity index (χ1v) is 11.5. The Morgan fingerprint density at radius 2 is 1.74 bits per heavy atom. The molecule has 7 heteroatoms. The summed E-state index contributed by atoms with van der Waals surface area (Å²) in [5.41, 5.74) is 3.97. The molecule has 0 aliphatic carbocycles. The topological polar surface area (TPSA) is 77.4 Å². The maximum atomic E-state index is 12.9. The third-order valence-electron chi connectivity index (χ3n) is 6.08. The van der Waals surface area contributed by atoms with Crippen LogP contribution in [-0.4, -0.2) is 29.6 Å². The molecule has 0 aliphatic heterocycles. The summed E-state index contributed by atoms with van der Waals surface area (Å²) < 4.78 is 6.55. The number of aryl methyl sites for hydroxylation is 2. The Morgan fingerprint density at radius 3 is 2.43 bits per heavy atom. The first-order chi connectivity index (χ1) is 16.8. The Morgan fingerprint density at radius 1 is 1.03 bits per heavy atom. The van der Waals surface area contributed by atoms with E-state index in [1.807, 2.05) is 54.6 Å². The molecule has 35 heavy (non-hydrogen) atoms. The largest absolute Gasteiger partial charge is 0.467 e. The van der Waals surface area contributed by atoms with Crippen LogP contribution in [0.5, 0.6) is 0 Å². The maximum absolute atomic E-state index is 12.9. The van der Waals surface area contributed by atoms with Crippen molar-refractivity contribution in [3.05, 3.63) is 105 Å². The van der Waals surface area contributed by atoms with Crippen LogP contribution in [-0.2, 0) is 23.0 Å². The number of carbonyl (C=O) groups excluding carboxylic acids is 2. The highest BCUT2D eigenvalue weighted by molar-refractivity contribution is 6.34. The number of carbonyl (C=O) groups is 2. The number of para-hydroxylation sites is 1. The highest BCUT2D eigenvalue weighted by atomic mass is 35.5. The Bertz CT molecular complexity index is 1450. The summed E-state index contributed by atoms with van der Waals surface area (Å²) in [6.07, 6.45) is 0.220. The van der Waals surface area contributed by atoms with E-state index in [-0.39, 0.29) is 12.0 Å². The Hall–Kier alpha value is -3.90. The predicted molar refractivity (Wildman–Crippen MR) is 138 cm³/mol. The zero-order valence-corrected chi connectivity index (χ0v) is 20.4. The number of ether oxygens (including phenoxy) is 1. The second kappa shape index (κ2) is 10.2. The quantitative estimate of drug-likeness (QED) is 0.400. The van der Waals surface area contributed by atoms with E-state index >= 15 is 0 Å². The lowest BCUT2D eigenvalue weighted by Gasteiger charge is -2.18. The van der Waals surface area contributed by atoms with Gasteiger partial charge in [-0.3, -0.25) is 9.59 Å². The zero-order valence-electron chi connectivity index (χ0n) is 19.7. The number of hydrogen-bond acceptors (Lipinski definition) is 4. The number of nitrogens with zero attached hydrogens (tertiary/aromatic N) is 1. The van der Waals surface area contributed by atoms with Gasteiger partial charge in [-0.15, -0.1) is 0 Å². The molecule has 6 nitrogen and oxygen atoms in total. The van der Waals surface area contributed by atoms with Gasteiger partial charge >= 0.3 is 5.97 Å². The Kier molecular flexibility index (Phi) is 7.03. The van der Waals surface area contributed by atoms with Gasteiger partial charge in [0.25, 0.3) is 11.5 Å². The lowest BCUT2D eigenvalue weighted by Crippen LogP contribution is -2.43. The molecule has 0 radical (unpaired) electrons. The van der Waals surface area contributed by atoms with E-state index < -0.39 is 17.9 Å². The molecule has 1 N–H and O–H groups in total. The number of rotatable bonds is 6. The van der Waals surface area contributed by atoms with Gasteiger partial charge < -0.3 is 14.6 Å². The van der Waals surface area contributed by atoms with E-state index in [0.29, 0.717) is 21.7 Å². The van der Waals surface area contributed by atoms with E-state index in [0.717, 1.165) is 22.0 Å². The molecule has 0 unspecified atom stereocenters. The van der Waals surface area contributed by atoms with Crippen LogP contribution in [0.25, 0.3) is 22.0 Å². The molecule has 4 aromatic rings. The smallest absolute Gasteiger partial charge is 0.328 e. The SMILES string of the molecule is COC(=O)[C@H](Cc1ccc(-c2cc3ccccc3n(C)c2=O)cc1)NC(=O)c1c(C)cccc1Cl. The number of methoxy groups -OCH3 is 1. The molecule has 1 heterocycles. The van der Waals surface area contributed by atoms with Gasteiger partial charge in [-0.05, 0) is 47.2 Å². The third-order valence-corrected chi connectivity index (χ3v) is 6.39. The number of pyridine rings is 1. The number of halogens is 1. The predicted octanol–water partition coefficient (Wildman–Crippen LogP) is 4.68. The monoisotopic (exact) mass is 488 g/mol. The summed E-state index contributed by atoms with van der Waals surface area (Å²) in [6, 6.07) is 21.2. The van der Waals surface area contributed by atoms with Crippen molar-refractivity contribution in [2.24, 2.45) is 7.05 Å². The fourth-order valence-electron chi connectivity index (χ4n) is 4.17. The Labute approximate surface area is 208 Å². The molecule has 178 valence electrons. The first kappa shape index (κ1) is 24.2. The van der Waals surface area contributed by atoms with Crippen molar-refractivity contribution in [1.82, 2.24) is 9.88 Å². The second-order valence-electron chi connectivity index (χ2n) is 8.36. The van der Waals surface area contributed by atoms with E-state index in [9.17, 15) is 14.4 Å². The average Bonchev–Trinajstić information content (AvgIpc) is 2.86. The summed E-state index contributed by atoms with van der Waals surface area (Å²) in [7, 11) is 3.04. The number of aromatic nitrogens is 1. The van der Waals surface area contributed by atoms with Crippen LogP contribution >= 0.6 is 11.6 Å². The Balaban J connectivity index is 1.59. The van der Waals surface area contributed by atoms with Crippen molar-refractivity contribution in [2.75, 3.05) is 7.11 Å². The van der Waals surface area contributed by atoms with Crippen molar-refractivity contribution in [3.8, 4) is 11.1 Å². The fourth-order valence-corrected chi connectivity index (χ4v) is 4.48. The van der Waals surface area contributed by atoms with Gasteiger partial charge in [0.1, 0.15) is 6.04 Å². The van der Waals surface area contributed by atoms with Crippen molar-refractivity contribution in [1.29, 1.82) is 0 Å². The van der Waals surface area contributed by atoms with E-state index in [4.69, 9.17) is 16.3 Å². The molecule has 0 bridgehead atoms. The lowest BCUT2D eigenvalue weighted by atomic mass is 9.99. The molecular formula is C28H25ClN2O4. The average molecular weight is 489 g/mol. The van der Waals surface area contributed by atoms with E-state index in [2.05, 4.69) is 5.32 Å². The van der Waals surface area contributed by atoms with E-state index in [1.54, 1.807) is 36.7 Å². The number of esters is 1. The molecule has 0 saturated heterocycles. The standard InChI is InChI=1S/C28H25ClN2O4/c1-17-7-6-9-22(29)25(17)26(32)30-23(28(34)35-3)15-18-11-13-19(14-12-18)21-16-20-8-4-5-10-24(20)31(2)27(21)33/h4-14,16,23H,15H2,1-3H3,(H,30,32)/t23-/m0/s1. The first-order valence-electron chi connectivity index (χ1n) is 11.1. The number of fused-ring (bicyclic) bond motifs is 1. The van der Waals surface area contributed by atoms with Crippen LogP contribution in [0.4, 0.5) is 0 Å². The van der Waals surface area contributed by atoms with Crippen LogP contribution in [0.2, 0.25) is 5.02 Å². The van der Waals surface area contributed by atoms with Crippen LogP contribution < -0.4 is 10.9 Å². The van der Waals surface area contributed by atoms with Gasteiger partial charge in [0.15, 0.2) is 0 Å². The van der Waals surface area contributed by atoms with Gasteiger partial charge in [-0.2, -0.15) is 0 Å². The van der Waals surface area contributed by atoms with Gasteiger partial charge in [0.05, 0.1) is 23.2 Å². The number of nitrogens with one attached hydrogen (secondary N) is 1. The molecular weight excluding hydrogens is 464 g/mol. The summed E-state index contributed by atoms with van der Waals surface area (Å²) in [4.78, 5) is 38.2. The van der Waals surface area contributed by atoms with Crippen LogP contribution in [0.15, 0.2) is 77.6 Å². The highest BCUT2D eigenvalue weighted by Crippen LogP contribution is 2.22. The van der Waals surface area contributed by atoms with Gasteiger partial charge in [0.2, 0.25) is 0 Å². The maximum Gasteiger partial charge on any atom is 0.328 e. The minimum absolute atomic E-state index is 0.0914. The summed E-state index contributed by atoms with van der Waals surface area (Å²) >= 11 is 6.21. The number of benzene rings is 3. The summed E-state index contributed by atoms with van der Waals surface area (Å²) in [6.45, 7) is 1.78. The van der Waals surface area contributed by atoms with Crippen LogP contribution in [0.1, 0.15) is 21.5 Å². The number of amides is 1. The van der Waals surface area contributed by atoms with E-state index in [1.165, 1.54) is 7.11 Å². The minimum atomic E-state index is -0.900. The van der Waals surface area contributed by atoms with Crippen molar-refractivity contribution < 1.29 is 14.3 Å². The molecule has 0 spiro atoms. The molecule has 4 rings (SSSR count). The zero-order chi connectivity index (χ0) is 25.1. The molecule has 0 aliphatic rings. The van der Waals surface area contributed by atoms with Crippen LogP contribution in [0, 0.1) is 6.92 Å². The normalized spacial score (nSPS) is 11.8. The molecule has 1 atom stereocenters. The molecule has 1 amide bonds. The third kappa shape index (κ3) is 4.98. The van der Waals surface area contributed by atoms with Crippen LogP contribution in [0.3, 0.4) is 0 Å². The van der Waals surface area contributed by atoms with Gasteiger partial charge in [0, 0.05) is 19.0 Å². The minimum Gasteiger partial charge on any atom is -0.467 e. The lowest BCUT2D eigenvalue weighted by molar-refractivity contribution is -0.142. The second-order valence-corrected chi connectivity index (χ2v) is 8.77. The summed E-state index contributed by atoms with van der Waals surface area (Å²) in [5.74, 6) is -1.00. The van der Waals surface area contributed by atoms with Crippen molar-refractivity contribution in [2.45, 2.75) is 19.4 Å². The number of hydrogen-bond donors (Lipinski definition) is 1. The van der Waals surface area contributed by atoms with Crippen molar-refractivity contribution in [3.63, 3.8) is 0 Å². The molecule has 3 aromatic carbocycles.